The number of aryl methyl sites for hydroxylation is 1. The highest BCUT2D eigenvalue weighted by molar-refractivity contribution is 6.31. The number of carbonyl (C=O) groups excluding carboxylic acids is 3. The van der Waals surface area contributed by atoms with Crippen molar-refractivity contribution < 1.29 is 19.1 Å². The first-order valence-corrected chi connectivity index (χ1v) is 9.57. The Hall–Kier alpha value is -3.06. The monoisotopic (exact) mass is 417 g/mol. The fourth-order valence-electron chi connectivity index (χ4n) is 2.70. The van der Waals surface area contributed by atoms with Gasteiger partial charge >= 0.3 is 12.0 Å². The molecule has 0 heterocycles. The number of urea groups is 1. The van der Waals surface area contributed by atoms with Gasteiger partial charge in [-0.1, -0.05) is 48.9 Å². The largest absolute Gasteiger partial charge is 0.452 e. The van der Waals surface area contributed by atoms with Crippen LogP contribution in [0.5, 0.6) is 0 Å². The quantitative estimate of drug-likeness (QED) is 0.570. The molecule has 0 radical (unpaired) electrons. The second-order valence-electron chi connectivity index (χ2n) is 6.46. The third kappa shape index (κ3) is 6.80. The summed E-state index contributed by atoms with van der Waals surface area (Å²) in [7, 11) is 0. The van der Waals surface area contributed by atoms with Crippen LogP contribution < -0.4 is 16.4 Å². The lowest BCUT2D eigenvalue weighted by Gasteiger charge is -2.20. The van der Waals surface area contributed by atoms with Crippen molar-refractivity contribution in [2.45, 2.75) is 38.8 Å². The van der Waals surface area contributed by atoms with E-state index in [2.05, 4.69) is 10.6 Å². The molecule has 0 fully saturated rings. The molecule has 0 aromatic heterocycles. The van der Waals surface area contributed by atoms with Crippen molar-refractivity contribution in [1.82, 2.24) is 5.32 Å². The molecular formula is C21H24ClN3O4. The maximum atomic E-state index is 12.3. The van der Waals surface area contributed by atoms with Gasteiger partial charge in [-0.2, -0.15) is 0 Å². The zero-order valence-corrected chi connectivity index (χ0v) is 17.0. The minimum Gasteiger partial charge on any atom is -0.452 e. The van der Waals surface area contributed by atoms with Crippen molar-refractivity contribution in [3.05, 3.63) is 64.7 Å². The molecule has 4 N–H and O–H groups in total. The molecule has 0 saturated carbocycles. The van der Waals surface area contributed by atoms with Gasteiger partial charge in [-0.25, -0.2) is 4.79 Å². The van der Waals surface area contributed by atoms with Crippen LogP contribution >= 0.6 is 11.6 Å². The summed E-state index contributed by atoms with van der Waals surface area (Å²) in [5, 5.41) is 5.55. The van der Waals surface area contributed by atoms with Gasteiger partial charge in [0.1, 0.15) is 0 Å². The average molecular weight is 418 g/mol. The van der Waals surface area contributed by atoms with E-state index in [1.54, 1.807) is 36.4 Å². The van der Waals surface area contributed by atoms with E-state index >= 15 is 0 Å². The molecule has 2 aromatic rings. The van der Waals surface area contributed by atoms with Crippen LogP contribution in [0.25, 0.3) is 0 Å². The van der Waals surface area contributed by atoms with E-state index in [1.807, 2.05) is 19.1 Å². The van der Waals surface area contributed by atoms with Crippen molar-refractivity contribution in [1.29, 1.82) is 0 Å². The molecule has 8 heteroatoms. The Balaban J connectivity index is 1.98. The molecular weight excluding hydrogens is 394 g/mol. The number of hydrogen-bond donors (Lipinski definition) is 3. The van der Waals surface area contributed by atoms with E-state index in [0.717, 1.165) is 12.0 Å². The molecule has 2 aromatic carbocycles. The van der Waals surface area contributed by atoms with Crippen molar-refractivity contribution >= 4 is 35.2 Å². The minimum absolute atomic E-state index is 0.227. The normalized spacial score (nSPS) is 12.5. The maximum Gasteiger partial charge on any atom is 0.312 e. The Bertz CT molecular complexity index is 870. The number of ether oxygens (including phenoxy) is 1. The molecule has 154 valence electrons. The number of halogens is 1. The number of hydrogen-bond acceptors (Lipinski definition) is 4. The Kier molecular flexibility index (Phi) is 8.03. The summed E-state index contributed by atoms with van der Waals surface area (Å²) in [6.45, 7) is 3.51. The van der Waals surface area contributed by atoms with Crippen LogP contribution in [0, 0.1) is 0 Å². The van der Waals surface area contributed by atoms with E-state index in [9.17, 15) is 14.4 Å². The van der Waals surface area contributed by atoms with Crippen LogP contribution in [0.2, 0.25) is 5.02 Å². The number of anilines is 1. The molecule has 0 unspecified atom stereocenters. The van der Waals surface area contributed by atoms with Crippen LogP contribution in [0.3, 0.4) is 0 Å². The predicted molar refractivity (Wildman–Crippen MR) is 112 cm³/mol. The topological polar surface area (TPSA) is 111 Å². The second kappa shape index (κ2) is 10.5. The molecule has 29 heavy (non-hydrogen) atoms. The van der Waals surface area contributed by atoms with Gasteiger partial charge in [0.25, 0.3) is 5.91 Å². The highest BCUT2D eigenvalue weighted by Crippen LogP contribution is 2.25. The smallest absolute Gasteiger partial charge is 0.312 e. The van der Waals surface area contributed by atoms with Gasteiger partial charge in [-0.05, 0) is 42.7 Å². The third-order valence-corrected chi connectivity index (χ3v) is 4.62. The molecule has 0 spiro atoms. The summed E-state index contributed by atoms with van der Waals surface area (Å²) < 4.78 is 5.22. The second-order valence-corrected chi connectivity index (χ2v) is 6.87. The maximum absolute atomic E-state index is 12.3. The molecule has 0 saturated heterocycles. The Labute approximate surface area is 174 Å². The summed E-state index contributed by atoms with van der Waals surface area (Å²) in [5.41, 5.74) is 7.49. The molecule has 0 aliphatic rings. The number of primary amides is 1. The summed E-state index contributed by atoms with van der Waals surface area (Å²) >= 11 is 6.15. The lowest BCUT2D eigenvalue weighted by molar-refractivity contribution is -0.153. The van der Waals surface area contributed by atoms with Gasteiger partial charge in [-0.15, -0.1) is 0 Å². The van der Waals surface area contributed by atoms with Crippen molar-refractivity contribution in [3.8, 4) is 0 Å². The molecule has 0 aliphatic heterocycles. The fourth-order valence-corrected chi connectivity index (χ4v) is 2.97. The van der Waals surface area contributed by atoms with Crippen LogP contribution in [0.15, 0.2) is 48.5 Å². The summed E-state index contributed by atoms with van der Waals surface area (Å²) in [6.07, 6.45) is -0.349. The number of nitrogens with two attached hydrogens (primary N) is 1. The highest BCUT2D eigenvalue weighted by atomic mass is 35.5. The van der Waals surface area contributed by atoms with Gasteiger partial charge in [0.05, 0.1) is 12.5 Å². The number of rotatable bonds is 8. The van der Waals surface area contributed by atoms with Crippen molar-refractivity contribution in [2.75, 3.05) is 5.32 Å². The van der Waals surface area contributed by atoms with Gasteiger partial charge in [0.15, 0.2) is 6.10 Å². The first-order valence-electron chi connectivity index (χ1n) is 9.19. The Morgan fingerprint density at radius 2 is 1.76 bits per heavy atom. The highest BCUT2D eigenvalue weighted by Gasteiger charge is 2.24. The Morgan fingerprint density at radius 1 is 1.10 bits per heavy atom. The summed E-state index contributed by atoms with van der Waals surface area (Å²) in [6, 6.07) is 12.6. The zero-order valence-electron chi connectivity index (χ0n) is 16.3. The number of nitrogens with one attached hydrogen (secondary N) is 2. The SMILES string of the molecule is CCc1ccc(NC(=O)[C@@H](C)OC(=O)C[C@@H](NC(N)=O)c2ccccc2Cl)cc1. The van der Waals surface area contributed by atoms with E-state index in [0.29, 0.717) is 16.3 Å². The van der Waals surface area contributed by atoms with Gasteiger partial charge < -0.3 is 21.1 Å². The van der Waals surface area contributed by atoms with Crippen LogP contribution in [-0.2, 0) is 20.7 Å². The Morgan fingerprint density at radius 3 is 2.34 bits per heavy atom. The average Bonchev–Trinajstić information content (AvgIpc) is 2.68. The molecule has 0 aliphatic carbocycles. The van der Waals surface area contributed by atoms with E-state index in [4.69, 9.17) is 22.1 Å². The number of amides is 3. The van der Waals surface area contributed by atoms with E-state index in [1.165, 1.54) is 6.92 Å². The van der Waals surface area contributed by atoms with Gasteiger partial charge in [0.2, 0.25) is 0 Å². The first-order chi connectivity index (χ1) is 13.8. The van der Waals surface area contributed by atoms with Crippen molar-refractivity contribution in [2.24, 2.45) is 5.73 Å². The van der Waals surface area contributed by atoms with Crippen LogP contribution in [0.1, 0.15) is 37.4 Å². The lowest BCUT2D eigenvalue weighted by Crippen LogP contribution is -2.36. The van der Waals surface area contributed by atoms with Crippen LogP contribution in [0.4, 0.5) is 10.5 Å². The molecule has 2 rings (SSSR count). The van der Waals surface area contributed by atoms with Gasteiger partial charge in [-0.3, -0.25) is 9.59 Å². The minimum atomic E-state index is -1.02. The molecule has 0 bridgehead atoms. The fraction of sp³-hybridized carbons (Fsp3) is 0.286. The molecule has 7 nitrogen and oxygen atoms in total. The number of carbonyl (C=O) groups is 3. The predicted octanol–water partition coefficient (Wildman–Crippen LogP) is 3.57. The van der Waals surface area contributed by atoms with Crippen molar-refractivity contribution in [3.63, 3.8) is 0 Å². The molecule has 2 atom stereocenters. The summed E-state index contributed by atoms with van der Waals surface area (Å²) in [4.78, 5) is 35.9. The zero-order chi connectivity index (χ0) is 21.4. The van der Waals surface area contributed by atoms with E-state index in [-0.39, 0.29) is 6.42 Å². The molecule has 3 amide bonds. The number of benzene rings is 2. The van der Waals surface area contributed by atoms with Gasteiger partial charge in [0, 0.05) is 10.7 Å². The first kappa shape index (κ1) is 22.2. The third-order valence-electron chi connectivity index (χ3n) is 4.28. The van der Waals surface area contributed by atoms with E-state index < -0.39 is 30.1 Å². The summed E-state index contributed by atoms with van der Waals surface area (Å²) in [5.74, 6) is -1.13. The number of esters is 1. The lowest BCUT2D eigenvalue weighted by atomic mass is 10.0. The standard InChI is InChI=1S/C21H24ClN3O4/c1-3-14-8-10-15(11-9-14)24-20(27)13(2)29-19(26)12-18(25-21(23)28)16-6-4-5-7-17(16)22/h4-11,13,18H,3,12H2,1-2H3,(H,24,27)(H3,23,25,28)/t13-,18-/m1/s1. The van der Waals surface area contributed by atoms with Crippen LogP contribution in [-0.4, -0.2) is 24.0 Å².